The van der Waals surface area contributed by atoms with Gasteiger partial charge >= 0.3 is 0 Å². The van der Waals surface area contributed by atoms with Gasteiger partial charge in [-0.1, -0.05) is 47.5 Å². The third kappa shape index (κ3) is 2.75. The Balaban J connectivity index is 2.35. The van der Waals surface area contributed by atoms with Gasteiger partial charge in [0.15, 0.2) is 0 Å². The lowest BCUT2D eigenvalue weighted by molar-refractivity contribution is 0.644. The van der Waals surface area contributed by atoms with Gasteiger partial charge in [0.2, 0.25) is 0 Å². The fourth-order valence-electron chi connectivity index (χ4n) is 1.36. The van der Waals surface area contributed by atoms with E-state index in [4.69, 9.17) is 23.2 Å². The first-order valence-electron chi connectivity index (χ1n) is 4.67. The van der Waals surface area contributed by atoms with Gasteiger partial charge in [-0.05, 0) is 24.3 Å². The zero-order chi connectivity index (χ0) is 11.5. The molecule has 16 heavy (non-hydrogen) atoms. The molecule has 0 aliphatic carbocycles. The van der Waals surface area contributed by atoms with Crippen LogP contribution in [0.15, 0.2) is 48.5 Å². The van der Waals surface area contributed by atoms with Crippen LogP contribution in [0.4, 0.5) is 0 Å². The maximum atomic E-state index is 10.2. The van der Waals surface area contributed by atoms with Crippen molar-refractivity contribution >= 4 is 42.0 Å². The topological polar surface area (TPSA) is 20.2 Å². The molecule has 0 bridgehead atoms. The molecule has 2 rings (SSSR count). The molecule has 0 unspecified atom stereocenters. The van der Waals surface area contributed by atoms with E-state index in [9.17, 15) is 4.89 Å². The number of hydrogen-bond donors (Lipinski definition) is 1. The molecule has 2 aromatic rings. The van der Waals surface area contributed by atoms with Crippen molar-refractivity contribution in [2.24, 2.45) is 0 Å². The van der Waals surface area contributed by atoms with Crippen molar-refractivity contribution in [1.82, 2.24) is 0 Å². The van der Waals surface area contributed by atoms with Crippen molar-refractivity contribution in [3.05, 3.63) is 58.6 Å². The van der Waals surface area contributed by atoms with Crippen LogP contribution in [-0.2, 0) is 0 Å². The molecular formula is C12H9Cl2OP. The lowest BCUT2D eigenvalue weighted by Crippen LogP contribution is -2.10. The minimum Gasteiger partial charge on any atom is -0.364 e. The van der Waals surface area contributed by atoms with Crippen molar-refractivity contribution < 1.29 is 4.89 Å². The summed E-state index contributed by atoms with van der Waals surface area (Å²) < 4.78 is 0. The summed E-state index contributed by atoms with van der Waals surface area (Å²) in [6.45, 7) is 0. The van der Waals surface area contributed by atoms with E-state index in [1.807, 2.05) is 24.3 Å². The van der Waals surface area contributed by atoms with E-state index in [0.29, 0.717) is 10.0 Å². The predicted octanol–water partition coefficient (Wildman–Crippen LogP) is 3.33. The Morgan fingerprint density at radius 2 is 1.25 bits per heavy atom. The van der Waals surface area contributed by atoms with E-state index in [1.165, 1.54) is 0 Å². The summed E-state index contributed by atoms with van der Waals surface area (Å²) in [5, 5.41) is 2.90. The van der Waals surface area contributed by atoms with E-state index in [-0.39, 0.29) is 0 Å². The molecule has 0 radical (unpaired) electrons. The second kappa shape index (κ2) is 5.16. The molecule has 0 fully saturated rings. The van der Waals surface area contributed by atoms with Gasteiger partial charge < -0.3 is 4.89 Å². The summed E-state index contributed by atoms with van der Waals surface area (Å²) in [6, 6.07) is 14.5. The maximum Gasteiger partial charge on any atom is 0.0878 e. The van der Waals surface area contributed by atoms with Crippen LogP contribution in [-0.4, -0.2) is 4.89 Å². The summed E-state index contributed by atoms with van der Waals surface area (Å²) in [5.41, 5.74) is 0. The van der Waals surface area contributed by atoms with Gasteiger partial charge in [-0.3, -0.25) is 0 Å². The maximum absolute atomic E-state index is 10.2. The van der Waals surface area contributed by atoms with Crippen LogP contribution in [0.1, 0.15) is 0 Å². The molecule has 0 spiro atoms. The third-order valence-electron chi connectivity index (χ3n) is 2.11. The van der Waals surface area contributed by atoms with E-state index in [1.54, 1.807) is 24.3 Å². The largest absolute Gasteiger partial charge is 0.364 e. The average Bonchev–Trinajstić information content (AvgIpc) is 2.28. The molecule has 0 atom stereocenters. The van der Waals surface area contributed by atoms with Gasteiger partial charge in [-0.15, -0.1) is 0 Å². The van der Waals surface area contributed by atoms with Crippen molar-refractivity contribution in [3.8, 4) is 0 Å². The standard InChI is InChI=1S/C12H9Cl2OP/c13-9-3-1-5-11(7-9)16(15)12-6-2-4-10(14)8-12/h1-8,15H. The number of halogens is 2. The highest BCUT2D eigenvalue weighted by atomic mass is 35.5. The molecule has 0 aliphatic heterocycles. The summed E-state index contributed by atoms with van der Waals surface area (Å²) >= 11 is 11.8. The Hall–Kier alpha value is -0.590. The molecule has 0 saturated carbocycles. The molecule has 0 aromatic heterocycles. The lowest BCUT2D eigenvalue weighted by Gasteiger charge is -2.11. The van der Waals surface area contributed by atoms with Crippen LogP contribution in [0.5, 0.6) is 0 Å². The number of rotatable bonds is 2. The van der Waals surface area contributed by atoms with Crippen LogP contribution < -0.4 is 10.6 Å². The highest BCUT2D eigenvalue weighted by Gasteiger charge is 2.11. The molecule has 2 aromatic carbocycles. The Bertz CT molecular complexity index is 456. The van der Waals surface area contributed by atoms with Crippen molar-refractivity contribution in [2.45, 2.75) is 0 Å². The number of hydrogen-bond acceptors (Lipinski definition) is 1. The van der Waals surface area contributed by atoms with Gasteiger partial charge in [-0.25, -0.2) is 0 Å². The molecule has 0 saturated heterocycles. The molecule has 4 heteroatoms. The van der Waals surface area contributed by atoms with E-state index >= 15 is 0 Å². The van der Waals surface area contributed by atoms with Crippen LogP contribution in [0.25, 0.3) is 0 Å². The molecular weight excluding hydrogens is 262 g/mol. The monoisotopic (exact) mass is 270 g/mol. The van der Waals surface area contributed by atoms with Crippen molar-refractivity contribution in [2.75, 3.05) is 0 Å². The second-order valence-corrected chi connectivity index (χ2v) is 5.80. The quantitative estimate of drug-likeness (QED) is 0.830. The highest BCUT2D eigenvalue weighted by Crippen LogP contribution is 2.29. The molecule has 0 heterocycles. The Morgan fingerprint density at radius 1 is 0.812 bits per heavy atom. The van der Waals surface area contributed by atoms with E-state index < -0.39 is 8.15 Å². The second-order valence-electron chi connectivity index (χ2n) is 3.27. The fourth-order valence-corrected chi connectivity index (χ4v) is 3.17. The average molecular weight is 271 g/mol. The van der Waals surface area contributed by atoms with E-state index in [0.717, 1.165) is 10.6 Å². The first-order valence-corrected chi connectivity index (χ1v) is 6.72. The first-order chi connectivity index (χ1) is 7.66. The normalized spacial score (nSPS) is 10.8. The summed E-state index contributed by atoms with van der Waals surface area (Å²) in [7, 11) is -1.37. The van der Waals surface area contributed by atoms with Gasteiger partial charge in [0.25, 0.3) is 0 Å². The van der Waals surface area contributed by atoms with Gasteiger partial charge in [0.05, 0.1) is 8.15 Å². The van der Waals surface area contributed by atoms with Crippen LogP contribution >= 0.6 is 31.4 Å². The minimum absolute atomic E-state index is 0.626. The summed E-state index contributed by atoms with van der Waals surface area (Å²) in [4.78, 5) is 10.2. The molecule has 0 amide bonds. The van der Waals surface area contributed by atoms with Crippen LogP contribution in [0.3, 0.4) is 0 Å². The van der Waals surface area contributed by atoms with Gasteiger partial charge in [0.1, 0.15) is 0 Å². The molecule has 1 N–H and O–H groups in total. The third-order valence-corrected chi connectivity index (χ3v) is 4.11. The Labute approximate surface area is 105 Å². The summed E-state index contributed by atoms with van der Waals surface area (Å²) in [6.07, 6.45) is 0. The van der Waals surface area contributed by atoms with Gasteiger partial charge in [-0.2, -0.15) is 0 Å². The number of benzene rings is 2. The zero-order valence-electron chi connectivity index (χ0n) is 8.27. The van der Waals surface area contributed by atoms with Crippen molar-refractivity contribution in [3.63, 3.8) is 0 Å². The molecule has 0 aliphatic rings. The lowest BCUT2D eigenvalue weighted by atomic mass is 10.4. The summed E-state index contributed by atoms with van der Waals surface area (Å²) in [5.74, 6) is 0. The van der Waals surface area contributed by atoms with E-state index in [2.05, 4.69) is 0 Å². The predicted molar refractivity (Wildman–Crippen MR) is 71.3 cm³/mol. The Kier molecular flexibility index (Phi) is 3.83. The molecule has 1 nitrogen and oxygen atoms in total. The first kappa shape index (κ1) is 11.9. The highest BCUT2D eigenvalue weighted by molar-refractivity contribution is 7.67. The smallest absolute Gasteiger partial charge is 0.0878 e. The Morgan fingerprint density at radius 3 is 1.62 bits per heavy atom. The minimum atomic E-state index is -1.37. The van der Waals surface area contributed by atoms with Crippen molar-refractivity contribution in [1.29, 1.82) is 0 Å². The SMILES string of the molecule is OP(c1cccc(Cl)c1)c1cccc(Cl)c1. The van der Waals surface area contributed by atoms with Crippen LogP contribution in [0.2, 0.25) is 10.0 Å². The molecule has 82 valence electrons. The van der Waals surface area contributed by atoms with Crippen LogP contribution in [0, 0.1) is 0 Å². The van der Waals surface area contributed by atoms with Gasteiger partial charge in [0, 0.05) is 20.7 Å². The zero-order valence-corrected chi connectivity index (χ0v) is 10.7. The fraction of sp³-hybridized carbons (Fsp3) is 0.